The van der Waals surface area contributed by atoms with Crippen molar-refractivity contribution < 1.29 is 45.9 Å². The van der Waals surface area contributed by atoms with Crippen molar-refractivity contribution in [2.45, 2.75) is 0 Å². The molecule has 0 unspecified atom stereocenters. The van der Waals surface area contributed by atoms with Crippen molar-refractivity contribution in [2.75, 3.05) is 0 Å². The van der Waals surface area contributed by atoms with Crippen LogP contribution in [-0.4, -0.2) is 81.3 Å². The average molecular weight is 722 g/mol. The molecule has 186 valence electrons. The van der Waals surface area contributed by atoms with Crippen LogP contribution in [0.4, 0.5) is 0 Å². The molecule has 4 bridgehead atoms. The molecule has 0 saturated heterocycles. The first-order chi connectivity index (χ1) is 18.3. The van der Waals surface area contributed by atoms with Gasteiger partial charge in [0.25, 0.3) is 0 Å². The predicted molar refractivity (Wildman–Crippen MR) is 123 cm³/mol. The number of carbonyl (C=O) groups excluding carboxylic acids is 6. The second-order valence-electron chi connectivity index (χ2n) is 7.74. The van der Waals surface area contributed by atoms with Gasteiger partial charge in [0.05, 0.1) is 0 Å². The minimum absolute atomic E-state index is 0.0323. The zero-order valence-corrected chi connectivity index (χ0v) is 25.6. The van der Waals surface area contributed by atoms with Crippen LogP contribution in [0.3, 0.4) is 0 Å². The third kappa shape index (κ3) is 5.70. The fourth-order valence-corrected chi connectivity index (χ4v) is 9.45. The van der Waals surface area contributed by atoms with Gasteiger partial charge in [0, 0.05) is 0 Å². The summed E-state index contributed by atoms with van der Waals surface area (Å²) in [5, 5.41) is 0. The van der Waals surface area contributed by atoms with Gasteiger partial charge in [-0.1, -0.05) is 0 Å². The number of fused-ring (bicyclic) bond motifs is 12. The van der Waals surface area contributed by atoms with Gasteiger partial charge in [0.2, 0.25) is 0 Å². The molecule has 3 aromatic rings. The molecule has 14 heteroatoms. The van der Waals surface area contributed by atoms with Crippen molar-refractivity contribution in [3.05, 3.63) is 106 Å². The van der Waals surface area contributed by atoms with Crippen LogP contribution in [0.1, 0.15) is 62.1 Å². The van der Waals surface area contributed by atoms with E-state index in [1.165, 1.54) is 72.8 Å². The van der Waals surface area contributed by atoms with Gasteiger partial charge in [-0.05, 0) is 0 Å². The first kappa shape index (κ1) is 25.9. The van der Waals surface area contributed by atoms with Crippen LogP contribution in [0, 0.1) is 0 Å². The molecule has 0 radical (unpaired) electrons. The Morgan fingerprint density at radius 3 is 0.921 bits per heavy atom. The first-order valence-corrected chi connectivity index (χ1v) is 18.9. The quantitative estimate of drug-likeness (QED) is 0.387. The van der Waals surface area contributed by atoms with Crippen LogP contribution in [0.2, 0.25) is 0 Å². The molecule has 7 rings (SSSR count). The molecule has 12 nitrogen and oxygen atoms in total. The van der Waals surface area contributed by atoms with E-state index in [4.69, 9.17) is 17.1 Å². The molecule has 38 heavy (non-hydrogen) atoms. The summed E-state index contributed by atoms with van der Waals surface area (Å²) < 4.78 is 31.0. The summed E-state index contributed by atoms with van der Waals surface area (Å²) in [6.07, 6.45) is 0. The maximum atomic E-state index is 12.6. The van der Waals surface area contributed by atoms with Crippen molar-refractivity contribution in [3.8, 4) is 0 Å². The molecule has 0 aromatic heterocycles. The van der Waals surface area contributed by atoms with E-state index in [0.717, 1.165) is 0 Å². The van der Waals surface area contributed by atoms with Crippen LogP contribution in [0.25, 0.3) is 0 Å². The maximum absolute atomic E-state index is 12.6. The molecule has 0 N–H and O–H groups in total. The van der Waals surface area contributed by atoms with Crippen molar-refractivity contribution in [3.63, 3.8) is 0 Å². The van der Waals surface area contributed by atoms with E-state index in [1.807, 2.05) is 0 Å². The Hall–Kier alpha value is -3.78. The zero-order valence-electron chi connectivity index (χ0n) is 19.0. The van der Waals surface area contributed by atoms with E-state index in [-0.39, 0.29) is 33.4 Å². The van der Waals surface area contributed by atoms with E-state index in [0.29, 0.717) is 0 Å². The van der Waals surface area contributed by atoms with Crippen molar-refractivity contribution in [2.24, 2.45) is 0 Å². The van der Waals surface area contributed by atoms with Crippen LogP contribution < -0.4 is 0 Å². The van der Waals surface area contributed by atoms with Gasteiger partial charge in [-0.25, -0.2) is 0 Å². The Bertz CT molecular complexity index is 1280. The van der Waals surface area contributed by atoms with E-state index in [1.54, 1.807) is 0 Å². The van der Waals surface area contributed by atoms with Crippen LogP contribution >= 0.6 is 0 Å². The number of hydrogen-bond acceptors (Lipinski definition) is 12. The topological polar surface area (TPSA) is 158 Å². The van der Waals surface area contributed by atoms with E-state index < -0.39 is 81.3 Å². The fraction of sp³-hybridized carbons (Fsp3) is 0. The standard InChI is InChI=1S/3C8H6O4.2In/c3*9-7(10)5-1-2-6(4-3-5)8(11)12;;/h3*1-4H,(H,9,10)(H,11,12);;/q;;;2*+3/p-6. The Kier molecular flexibility index (Phi) is 7.42. The molecule has 4 aliphatic heterocycles. The van der Waals surface area contributed by atoms with E-state index in [2.05, 4.69) is 0 Å². The number of hydrogen-bond donors (Lipinski definition) is 0. The summed E-state index contributed by atoms with van der Waals surface area (Å²) in [5.74, 6) is -5.01. The second-order valence-corrected chi connectivity index (χ2v) is 15.1. The van der Waals surface area contributed by atoms with Crippen molar-refractivity contribution in [1.82, 2.24) is 0 Å². The summed E-state index contributed by atoms with van der Waals surface area (Å²) in [6.45, 7) is 0. The molecular formula is C24H12In2O12. The molecule has 0 saturated carbocycles. The van der Waals surface area contributed by atoms with E-state index >= 15 is 0 Å². The average Bonchev–Trinajstić information content (AvgIpc) is 3.06. The third-order valence-corrected chi connectivity index (χ3v) is 12.3. The second kappa shape index (κ2) is 10.9. The molecular weight excluding hydrogens is 710 g/mol. The van der Waals surface area contributed by atoms with Crippen LogP contribution in [0.5, 0.6) is 0 Å². The Morgan fingerprint density at radius 1 is 0.447 bits per heavy atom. The van der Waals surface area contributed by atoms with Gasteiger partial charge < -0.3 is 0 Å². The van der Waals surface area contributed by atoms with Gasteiger partial charge >= 0.3 is 233 Å². The molecule has 0 aliphatic carbocycles. The van der Waals surface area contributed by atoms with Gasteiger partial charge in [-0.15, -0.1) is 0 Å². The zero-order chi connectivity index (χ0) is 26.8. The Morgan fingerprint density at radius 2 is 0.684 bits per heavy atom. The molecule has 4 aliphatic rings. The Balaban J connectivity index is 1.23. The molecule has 4 heterocycles. The molecule has 3 aromatic carbocycles. The molecule has 0 amide bonds. The Labute approximate surface area is 232 Å². The summed E-state index contributed by atoms with van der Waals surface area (Å²) in [6, 6.07) is 16.1. The summed E-state index contributed by atoms with van der Waals surface area (Å²) in [7, 11) is 0. The van der Waals surface area contributed by atoms with Crippen molar-refractivity contribution >= 4 is 81.3 Å². The monoisotopic (exact) mass is 722 g/mol. The summed E-state index contributed by atoms with van der Waals surface area (Å²) in [5.41, 5.74) is 0.627. The normalized spacial score (nSPS) is 14.4. The SMILES string of the molecule is O=C([O][In]1[O]C(=O)c2ccc(cc2)C(=O)[O]1)c1ccc(C(=O)[O][In]2[O]C(=O)c3ccc(cc3)C(=O)[O]2)cc1. The van der Waals surface area contributed by atoms with Gasteiger partial charge in [0.1, 0.15) is 0 Å². The van der Waals surface area contributed by atoms with Gasteiger partial charge in [-0.2, -0.15) is 0 Å². The number of rotatable bonds is 4. The number of carbonyl (C=O) groups is 6. The summed E-state index contributed by atoms with van der Waals surface area (Å²) >= 11 is -8.77. The first-order valence-electron chi connectivity index (χ1n) is 10.8. The van der Waals surface area contributed by atoms with Crippen LogP contribution in [0.15, 0.2) is 72.8 Å². The molecule has 0 fully saturated rings. The van der Waals surface area contributed by atoms with Crippen LogP contribution in [-0.2, 0) is 17.1 Å². The van der Waals surface area contributed by atoms with Gasteiger partial charge in [-0.3, -0.25) is 0 Å². The predicted octanol–water partition coefficient (Wildman–Crippen LogP) is 2.02. The summed E-state index contributed by atoms with van der Waals surface area (Å²) in [4.78, 5) is 74.0. The third-order valence-electron chi connectivity index (χ3n) is 5.29. The van der Waals surface area contributed by atoms with Gasteiger partial charge in [0.15, 0.2) is 0 Å². The van der Waals surface area contributed by atoms with Crippen molar-refractivity contribution in [1.29, 1.82) is 0 Å². The fourth-order valence-electron chi connectivity index (χ4n) is 3.30. The molecule has 0 atom stereocenters. The van der Waals surface area contributed by atoms with E-state index in [9.17, 15) is 28.8 Å². The minimum atomic E-state index is -4.39. The number of benzene rings is 3. The molecule has 0 spiro atoms.